The number of ether oxygens (including phenoxy) is 1. The van der Waals surface area contributed by atoms with E-state index in [0.717, 1.165) is 13.0 Å². The topological polar surface area (TPSA) is 51.2 Å². The number of nitrogens with zero attached hydrogens (tertiary/aromatic N) is 1. The van der Waals surface area contributed by atoms with Crippen molar-refractivity contribution in [3.05, 3.63) is 18.3 Å². The van der Waals surface area contributed by atoms with Crippen molar-refractivity contribution in [2.45, 2.75) is 58.8 Å². The minimum atomic E-state index is 0.00918. The summed E-state index contributed by atoms with van der Waals surface area (Å²) in [5.74, 6) is 2.41. The zero-order valence-electron chi connectivity index (χ0n) is 13.8. The maximum Gasteiger partial charge on any atom is 0.225 e. The van der Waals surface area contributed by atoms with Gasteiger partial charge in [-0.25, -0.2) is 4.98 Å². The molecule has 4 nitrogen and oxygen atoms in total. The largest absolute Gasteiger partial charge is 0.489 e. The average molecular weight is 304 g/mol. The van der Waals surface area contributed by atoms with Crippen LogP contribution in [0.25, 0.3) is 0 Å². The van der Waals surface area contributed by atoms with Crippen molar-refractivity contribution in [2.75, 3.05) is 11.9 Å². The molecule has 1 aliphatic carbocycles. The Labute approximate surface area is 133 Å². The summed E-state index contributed by atoms with van der Waals surface area (Å²) in [7, 11) is 0. The number of anilines is 1. The molecule has 1 saturated carbocycles. The third-order valence-electron chi connectivity index (χ3n) is 4.18. The highest BCUT2D eigenvalue weighted by molar-refractivity contribution is 5.91. The fourth-order valence-electron chi connectivity index (χ4n) is 2.78. The lowest BCUT2D eigenvalue weighted by Gasteiger charge is -2.22. The van der Waals surface area contributed by atoms with Gasteiger partial charge in [0.25, 0.3) is 0 Å². The molecule has 0 radical (unpaired) electrons. The van der Waals surface area contributed by atoms with Crippen LogP contribution in [0.15, 0.2) is 18.3 Å². The van der Waals surface area contributed by atoms with Gasteiger partial charge >= 0.3 is 0 Å². The first-order valence-electron chi connectivity index (χ1n) is 8.53. The number of carbonyl (C=O) groups excluding carboxylic acids is 1. The molecule has 1 aliphatic rings. The van der Waals surface area contributed by atoms with Crippen molar-refractivity contribution >= 4 is 11.7 Å². The van der Waals surface area contributed by atoms with Gasteiger partial charge in [-0.3, -0.25) is 4.79 Å². The maximum absolute atomic E-state index is 12.0. The van der Waals surface area contributed by atoms with Crippen molar-refractivity contribution in [1.29, 1.82) is 0 Å². The van der Waals surface area contributed by atoms with Crippen LogP contribution in [-0.2, 0) is 4.79 Å². The second-order valence-electron chi connectivity index (χ2n) is 6.65. The van der Waals surface area contributed by atoms with Crippen molar-refractivity contribution in [3.8, 4) is 5.75 Å². The molecule has 0 aromatic carbocycles. The number of hydrogen-bond donors (Lipinski definition) is 1. The normalized spacial score (nSPS) is 15.8. The first-order chi connectivity index (χ1) is 10.6. The van der Waals surface area contributed by atoms with E-state index in [1.54, 1.807) is 6.20 Å². The van der Waals surface area contributed by atoms with E-state index in [4.69, 9.17) is 4.74 Å². The van der Waals surface area contributed by atoms with E-state index in [-0.39, 0.29) is 5.91 Å². The highest BCUT2D eigenvalue weighted by atomic mass is 16.5. The Bertz CT molecular complexity index is 468. The van der Waals surface area contributed by atoms with Crippen LogP contribution in [0.3, 0.4) is 0 Å². The molecule has 0 saturated heterocycles. The van der Waals surface area contributed by atoms with Crippen LogP contribution < -0.4 is 10.1 Å². The number of hydrogen-bond acceptors (Lipinski definition) is 3. The van der Waals surface area contributed by atoms with Crippen LogP contribution >= 0.6 is 0 Å². The summed E-state index contributed by atoms with van der Waals surface area (Å²) in [4.78, 5) is 16.2. The monoisotopic (exact) mass is 304 g/mol. The summed E-state index contributed by atoms with van der Waals surface area (Å²) in [5.41, 5.74) is 0. The molecule has 0 unspecified atom stereocenters. The predicted molar refractivity (Wildman–Crippen MR) is 89.0 cm³/mol. The lowest BCUT2D eigenvalue weighted by molar-refractivity contribution is -0.116. The number of pyridine rings is 1. The molecule has 1 heterocycles. The molecule has 0 bridgehead atoms. The highest BCUT2D eigenvalue weighted by Gasteiger charge is 2.16. The van der Waals surface area contributed by atoms with Gasteiger partial charge in [0.05, 0.1) is 6.61 Å². The molecule has 0 aliphatic heterocycles. The molecule has 22 heavy (non-hydrogen) atoms. The Kier molecular flexibility index (Phi) is 6.69. The van der Waals surface area contributed by atoms with Gasteiger partial charge in [0.1, 0.15) is 0 Å². The fraction of sp³-hybridized carbons (Fsp3) is 0.667. The Morgan fingerprint density at radius 1 is 1.36 bits per heavy atom. The first kappa shape index (κ1) is 16.8. The zero-order valence-corrected chi connectivity index (χ0v) is 13.8. The molecule has 122 valence electrons. The van der Waals surface area contributed by atoms with Gasteiger partial charge in [-0.15, -0.1) is 0 Å². The molecule has 1 N–H and O–H groups in total. The Morgan fingerprint density at radius 3 is 2.86 bits per heavy atom. The predicted octanol–water partition coefficient (Wildman–Crippen LogP) is 4.42. The molecule has 0 spiro atoms. The quantitative estimate of drug-likeness (QED) is 0.811. The van der Waals surface area contributed by atoms with Crippen LogP contribution in [0, 0.1) is 11.8 Å². The lowest BCUT2D eigenvalue weighted by atomic mass is 9.90. The van der Waals surface area contributed by atoms with Gasteiger partial charge < -0.3 is 10.1 Å². The van der Waals surface area contributed by atoms with Crippen molar-refractivity contribution < 1.29 is 9.53 Å². The average Bonchev–Trinajstić information content (AvgIpc) is 2.53. The van der Waals surface area contributed by atoms with E-state index in [2.05, 4.69) is 24.1 Å². The van der Waals surface area contributed by atoms with Crippen molar-refractivity contribution in [2.24, 2.45) is 11.8 Å². The molecule has 1 aromatic heterocycles. The number of rotatable bonds is 7. The van der Waals surface area contributed by atoms with Crippen LogP contribution in [0.5, 0.6) is 5.75 Å². The van der Waals surface area contributed by atoms with Crippen LogP contribution in [0.1, 0.15) is 58.8 Å². The standard InChI is InChI=1S/C18H28N2O2/c1-14(2)10-11-17(21)20-18-16(9-6-12-19-18)22-13-15-7-4-3-5-8-15/h6,9,12,14-15H,3-5,7-8,10-11,13H2,1-2H3,(H,19,20,21). The number of carbonyl (C=O) groups is 1. The van der Waals surface area contributed by atoms with Gasteiger partial charge in [0.15, 0.2) is 11.6 Å². The second-order valence-corrected chi connectivity index (χ2v) is 6.65. The van der Waals surface area contributed by atoms with Gasteiger partial charge in [-0.2, -0.15) is 0 Å². The summed E-state index contributed by atoms with van der Waals surface area (Å²) in [6, 6.07) is 3.73. The van der Waals surface area contributed by atoms with Gasteiger partial charge in [0.2, 0.25) is 5.91 Å². The zero-order chi connectivity index (χ0) is 15.8. The van der Waals surface area contributed by atoms with E-state index in [9.17, 15) is 4.79 Å². The summed E-state index contributed by atoms with van der Waals surface area (Å²) in [6.45, 7) is 4.96. The Balaban J connectivity index is 1.87. The van der Waals surface area contributed by atoms with Gasteiger partial charge in [-0.1, -0.05) is 33.1 Å². The van der Waals surface area contributed by atoms with Crippen molar-refractivity contribution in [3.63, 3.8) is 0 Å². The van der Waals surface area contributed by atoms with Gasteiger partial charge in [-0.05, 0) is 43.2 Å². The molecule has 1 aromatic rings. The summed E-state index contributed by atoms with van der Waals surface area (Å²) < 4.78 is 5.93. The smallest absolute Gasteiger partial charge is 0.225 e. The third-order valence-corrected chi connectivity index (χ3v) is 4.18. The Hall–Kier alpha value is -1.58. The summed E-state index contributed by atoms with van der Waals surface area (Å²) in [6.07, 6.45) is 9.55. The molecule has 4 heteroatoms. The third kappa shape index (κ3) is 5.66. The minimum Gasteiger partial charge on any atom is -0.489 e. The van der Waals surface area contributed by atoms with E-state index in [1.165, 1.54) is 32.1 Å². The van der Waals surface area contributed by atoms with E-state index >= 15 is 0 Å². The molecule has 0 atom stereocenters. The molecule has 2 rings (SSSR count). The van der Waals surface area contributed by atoms with Crippen LogP contribution in [0.2, 0.25) is 0 Å². The van der Waals surface area contributed by atoms with E-state index in [0.29, 0.717) is 29.8 Å². The summed E-state index contributed by atoms with van der Waals surface area (Å²) in [5, 5.41) is 2.88. The highest BCUT2D eigenvalue weighted by Crippen LogP contribution is 2.27. The SMILES string of the molecule is CC(C)CCC(=O)Nc1ncccc1OCC1CCCCC1. The van der Waals surface area contributed by atoms with Crippen LogP contribution in [0.4, 0.5) is 5.82 Å². The van der Waals surface area contributed by atoms with Crippen LogP contribution in [-0.4, -0.2) is 17.5 Å². The first-order valence-corrected chi connectivity index (χ1v) is 8.53. The number of aromatic nitrogens is 1. The molecule has 1 fully saturated rings. The lowest BCUT2D eigenvalue weighted by Crippen LogP contribution is -2.17. The Morgan fingerprint density at radius 2 is 2.14 bits per heavy atom. The summed E-state index contributed by atoms with van der Waals surface area (Å²) >= 11 is 0. The van der Waals surface area contributed by atoms with E-state index < -0.39 is 0 Å². The maximum atomic E-state index is 12.0. The van der Waals surface area contributed by atoms with E-state index in [1.807, 2.05) is 12.1 Å². The molecular formula is C18H28N2O2. The fourth-order valence-corrected chi connectivity index (χ4v) is 2.78. The number of amides is 1. The van der Waals surface area contributed by atoms with Crippen molar-refractivity contribution in [1.82, 2.24) is 4.98 Å². The molecule has 1 amide bonds. The second kappa shape index (κ2) is 8.76. The van der Waals surface area contributed by atoms with Gasteiger partial charge in [0, 0.05) is 12.6 Å². The minimum absolute atomic E-state index is 0.00918. The number of nitrogens with one attached hydrogen (secondary N) is 1. The molecular weight excluding hydrogens is 276 g/mol.